The minimum Gasteiger partial charge on any atom is -0.313 e. The topological polar surface area (TPSA) is 35.8 Å². The van der Waals surface area contributed by atoms with Crippen molar-refractivity contribution >= 4 is 17.2 Å². The smallest absolute Gasteiger partial charge is 0.101 e. The van der Waals surface area contributed by atoms with Gasteiger partial charge >= 0.3 is 0 Å². The highest BCUT2D eigenvalue weighted by Crippen LogP contribution is 2.24. The molecule has 0 bridgehead atoms. The Morgan fingerprint density at radius 3 is 2.87 bits per heavy atom. The molecule has 1 aliphatic rings. The molecule has 1 aromatic carbocycles. The molecule has 3 heteroatoms. The second kappa shape index (κ2) is 4.48. The molecule has 0 aliphatic carbocycles. The predicted octanol–water partition coefficient (Wildman–Crippen LogP) is 2.59. The summed E-state index contributed by atoms with van der Waals surface area (Å²) in [5, 5.41) is 12.6. The molecule has 1 N–H and O–H groups in total. The average Bonchev–Trinajstić information content (AvgIpc) is 2.30. The molecule has 1 aliphatic heterocycles. The maximum Gasteiger partial charge on any atom is 0.101 e. The molecule has 0 spiro atoms. The highest BCUT2D eigenvalue weighted by Gasteiger charge is 2.07. The van der Waals surface area contributed by atoms with Crippen LogP contribution < -0.4 is 5.32 Å². The van der Waals surface area contributed by atoms with Gasteiger partial charge in [0.05, 0.1) is 10.6 Å². The molecule has 0 saturated carbocycles. The fraction of sp³-hybridized carbons (Fsp3) is 0.250. The van der Waals surface area contributed by atoms with Gasteiger partial charge in [0.25, 0.3) is 0 Å². The first-order valence-electron chi connectivity index (χ1n) is 4.91. The van der Waals surface area contributed by atoms with E-state index in [-0.39, 0.29) is 0 Å². The van der Waals surface area contributed by atoms with Crippen molar-refractivity contribution in [1.82, 2.24) is 5.32 Å². The van der Waals surface area contributed by atoms with E-state index in [1.54, 1.807) is 6.07 Å². The van der Waals surface area contributed by atoms with E-state index in [0.717, 1.165) is 25.1 Å². The fourth-order valence-corrected chi connectivity index (χ4v) is 1.91. The van der Waals surface area contributed by atoms with Crippen molar-refractivity contribution in [2.24, 2.45) is 0 Å². The Labute approximate surface area is 94.2 Å². The fourth-order valence-electron chi connectivity index (χ4n) is 1.69. The van der Waals surface area contributed by atoms with E-state index in [4.69, 9.17) is 16.9 Å². The molecular formula is C12H11ClN2. The summed E-state index contributed by atoms with van der Waals surface area (Å²) in [6, 6.07) is 7.67. The second-order valence-corrected chi connectivity index (χ2v) is 3.90. The number of benzene rings is 1. The number of nitrogens with one attached hydrogen (secondary N) is 1. The molecule has 76 valence electrons. The van der Waals surface area contributed by atoms with Crippen molar-refractivity contribution in [3.8, 4) is 6.07 Å². The van der Waals surface area contributed by atoms with Gasteiger partial charge in [0.15, 0.2) is 0 Å². The van der Waals surface area contributed by atoms with Gasteiger partial charge in [-0.25, -0.2) is 0 Å². The summed E-state index contributed by atoms with van der Waals surface area (Å²) >= 11 is 5.98. The van der Waals surface area contributed by atoms with Crippen molar-refractivity contribution in [2.45, 2.75) is 6.42 Å². The van der Waals surface area contributed by atoms with Crippen LogP contribution in [0.4, 0.5) is 0 Å². The van der Waals surface area contributed by atoms with Crippen LogP contribution in [0, 0.1) is 11.3 Å². The van der Waals surface area contributed by atoms with Crippen LogP contribution in [0.15, 0.2) is 24.3 Å². The van der Waals surface area contributed by atoms with Gasteiger partial charge in [-0.05, 0) is 36.2 Å². The Balaban J connectivity index is 2.34. The predicted molar refractivity (Wildman–Crippen MR) is 61.6 cm³/mol. The Morgan fingerprint density at radius 2 is 2.27 bits per heavy atom. The van der Waals surface area contributed by atoms with Gasteiger partial charge in [-0.2, -0.15) is 5.26 Å². The molecule has 2 rings (SSSR count). The van der Waals surface area contributed by atoms with Crippen LogP contribution in [0.5, 0.6) is 0 Å². The van der Waals surface area contributed by atoms with Gasteiger partial charge in [0, 0.05) is 6.54 Å². The maximum absolute atomic E-state index is 8.76. The summed E-state index contributed by atoms with van der Waals surface area (Å²) in [4.78, 5) is 0. The third kappa shape index (κ3) is 2.20. The number of hydrogen-bond donors (Lipinski definition) is 1. The minimum absolute atomic E-state index is 0.537. The van der Waals surface area contributed by atoms with Gasteiger partial charge < -0.3 is 5.32 Å². The standard InChI is InChI=1S/C12H11ClN2/c13-12-7-10(1-2-11(12)8-14)9-3-5-15-6-4-9/h1-3,7,15H,4-6H2. The normalized spacial score (nSPS) is 15.6. The zero-order chi connectivity index (χ0) is 10.7. The summed E-state index contributed by atoms with van der Waals surface area (Å²) in [7, 11) is 0. The third-order valence-corrected chi connectivity index (χ3v) is 2.84. The molecule has 0 unspecified atom stereocenters. The monoisotopic (exact) mass is 218 g/mol. The molecule has 0 saturated heterocycles. The van der Waals surface area contributed by atoms with Crippen LogP contribution in [0.25, 0.3) is 5.57 Å². The number of hydrogen-bond acceptors (Lipinski definition) is 2. The number of nitrogens with zero attached hydrogens (tertiary/aromatic N) is 1. The summed E-state index contributed by atoms with van der Waals surface area (Å²) < 4.78 is 0. The summed E-state index contributed by atoms with van der Waals surface area (Å²) in [6.07, 6.45) is 3.18. The Hall–Kier alpha value is -1.30. The largest absolute Gasteiger partial charge is 0.313 e. The van der Waals surface area contributed by atoms with Gasteiger partial charge in [0.2, 0.25) is 0 Å². The molecule has 2 nitrogen and oxygen atoms in total. The van der Waals surface area contributed by atoms with Gasteiger partial charge in [-0.3, -0.25) is 0 Å². The lowest BCUT2D eigenvalue weighted by atomic mass is 9.99. The molecule has 0 amide bonds. The second-order valence-electron chi connectivity index (χ2n) is 3.49. The quantitative estimate of drug-likeness (QED) is 0.787. The maximum atomic E-state index is 8.76. The molecule has 0 fully saturated rings. The molecule has 1 heterocycles. The lowest BCUT2D eigenvalue weighted by molar-refractivity contribution is 0.738. The van der Waals surface area contributed by atoms with Crippen LogP contribution in [0.1, 0.15) is 17.5 Å². The summed E-state index contributed by atoms with van der Waals surface area (Å²) in [5.74, 6) is 0. The minimum atomic E-state index is 0.537. The number of rotatable bonds is 1. The van der Waals surface area contributed by atoms with Gasteiger partial charge in [-0.15, -0.1) is 0 Å². The number of halogens is 1. The number of nitriles is 1. The van der Waals surface area contributed by atoms with Crippen LogP contribution in [-0.2, 0) is 0 Å². The van der Waals surface area contributed by atoms with E-state index in [0.29, 0.717) is 10.6 Å². The van der Waals surface area contributed by atoms with Gasteiger partial charge in [0.1, 0.15) is 6.07 Å². The SMILES string of the molecule is N#Cc1ccc(C2=CCNCC2)cc1Cl. The molecular weight excluding hydrogens is 208 g/mol. The van der Waals surface area contributed by atoms with Crippen molar-refractivity contribution in [3.05, 3.63) is 40.4 Å². The van der Waals surface area contributed by atoms with E-state index in [1.807, 2.05) is 12.1 Å². The first kappa shape index (κ1) is 10.2. The molecule has 15 heavy (non-hydrogen) atoms. The lowest BCUT2D eigenvalue weighted by Gasteiger charge is -2.14. The van der Waals surface area contributed by atoms with Crippen LogP contribution in [-0.4, -0.2) is 13.1 Å². The highest BCUT2D eigenvalue weighted by molar-refractivity contribution is 6.31. The molecule has 0 atom stereocenters. The first-order valence-corrected chi connectivity index (χ1v) is 5.29. The van der Waals surface area contributed by atoms with Crippen molar-refractivity contribution in [1.29, 1.82) is 5.26 Å². The third-order valence-electron chi connectivity index (χ3n) is 2.52. The lowest BCUT2D eigenvalue weighted by Crippen LogP contribution is -2.19. The molecule has 1 aromatic rings. The van der Waals surface area contributed by atoms with Crippen LogP contribution >= 0.6 is 11.6 Å². The highest BCUT2D eigenvalue weighted by atomic mass is 35.5. The van der Waals surface area contributed by atoms with Crippen molar-refractivity contribution < 1.29 is 0 Å². The van der Waals surface area contributed by atoms with E-state index in [2.05, 4.69) is 17.5 Å². The van der Waals surface area contributed by atoms with Gasteiger partial charge in [-0.1, -0.05) is 23.7 Å². The van der Waals surface area contributed by atoms with Crippen molar-refractivity contribution in [3.63, 3.8) is 0 Å². The zero-order valence-corrected chi connectivity index (χ0v) is 9.01. The molecule has 0 aromatic heterocycles. The van der Waals surface area contributed by atoms with Crippen molar-refractivity contribution in [2.75, 3.05) is 13.1 Å². The van der Waals surface area contributed by atoms with E-state index >= 15 is 0 Å². The van der Waals surface area contributed by atoms with Crippen LogP contribution in [0.3, 0.4) is 0 Å². The Morgan fingerprint density at radius 1 is 1.40 bits per heavy atom. The van der Waals surface area contributed by atoms with E-state index in [9.17, 15) is 0 Å². The summed E-state index contributed by atoms with van der Waals surface area (Å²) in [5.41, 5.74) is 2.97. The zero-order valence-electron chi connectivity index (χ0n) is 8.26. The average molecular weight is 219 g/mol. The van der Waals surface area contributed by atoms with E-state index < -0.39 is 0 Å². The molecule has 0 radical (unpaired) electrons. The first-order chi connectivity index (χ1) is 7.31. The summed E-state index contributed by atoms with van der Waals surface area (Å²) in [6.45, 7) is 1.91. The van der Waals surface area contributed by atoms with E-state index in [1.165, 1.54) is 5.57 Å². The Kier molecular flexibility index (Phi) is 3.05. The van der Waals surface area contributed by atoms with Crippen LogP contribution in [0.2, 0.25) is 5.02 Å². The Bertz CT molecular complexity index is 443.